The molecule has 1 heterocycles. The van der Waals surface area contributed by atoms with Crippen LogP contribution in [0.3, 0.4) is 0 Å². The molecule has 35 heavy (non-hydrogen) atoms. The minimum Gasteiger partial charge on any atom is -0.388 e. The molecule has 1 saturated heterocycles. The molecule has 0 aliphatic carbocycles. The highest BCUT2D eigenvalue weighted by atomic mass is 16.3. The van der Waals surface area contributed by atoms with Gasteiger partial charge in [0, 0.05) is 6.54 Å². The maximum atomic E-state index is 10.7. The molecule has 0 aromatic heterocycles. The Morgan fingerprint density at radius 3 is 2.49 bits per heavy atom. The molecular formula is C33H47NO. The van der Waals surface area contributed by atoms with Crippen LogP contribution >= 0.6 is 0 Å². The van der Waals surface area contributed by atoms with Crippen LogP contribution in [0, 0.1) is 12.8 Å². The van der Waals surface area contributed by atoms with Crippen molar-refractivity contribution in [2.75, 3.05) is 13.1 Å². The molecule has 2 heteroatoms. The Hall–Kier alpha value is -2.42. The van der Waals surface area contributed by atoms with E-state index in [4.69, 9.17) is 0 Å². The van der Waals surface area contributed by atoms with Gasteiger partial charge in [-0.25, -0.2) is 0 Å². The van der Waals surface area contributed by atoms with E-state index in [0.29, 0.717) is 0 Å². The Kier molecular flexibility index (Phi) is 13.4. The standard InChI is InChI=1S/C25H35NO.C8H12/c1-3-7-23-18-24(12-10-20(23)2)25(27)13-11-21-14-16-26(17-15-21)19-22-8-5-4-6-9-22;1-4-6-8(3)7-5-2/h4-6,8-10,12,18,21,25,27H,3,7,11,13-17,19H2,1-2H3;4-7H,1H2,2-3H3/b;7-5-,8-6-. The van der Waals surface area contributed by atoms with E-state index in [1.165, 1.54) is 48.2 Å². The monoisotopic (exact) mass is 473 g/mol. The summed E-state index contributed by atoms with van der Waals surface area (Å²) in [6, 6.07) is 17.3. The molecule has 190 valence electrons. The van der Waals surface area contributed by atoms with Gasteiger partial charge in [-0.1, -0.05) is 98.3 Å². The molecule has 3 rings (SSSR count). The Morgan fingerprint density at radius 2 is 1.86 bits per heavy atom. The summed E-state index contributed by atoms with van der Waals surface area (Å²) >= 11 is 0. The number of hydrogen-bond donors (Lipinski definition) is 1. The summed E-state index contributed by atoms with van der Waals surface area (Å²) in [7, 11) is 0. The van der Waals surface area contributed by atoms with Crippen LogP contribution in [0.2, 0.25) is 0 Å². The van der Waals surface area contributed by atoms with E-state index >= 15 is 0 Å². The molecule has 0 radical (unpaired) electrons. The third kappa shape index (κ3) is 10.8. The second-order valence-corrected chi connectivity index (χ2v) is 9.88. The van der Waals surface area contributed by atoms with Crippen molar-refractivity contribution < 1.29 is 5.11 Å². The van der Waals surface area contributed by atoms with Gasteiger partial charge in [0.05, 0.1) is 6.10 Å². The van der Waals surface area contributed by atoms with Crippen LogP contribution in [0.25, 0.3) is 0 Å². The van der Waals surface area contributed by atoms with Gasteiger partial charge in [0.25, 0.3) is 0 Å². The largest absolute Gasteiger partial charge is 0.388 e. The summed E-state index contributed by atoms with van der Waals surface area (Å²) in [5, 5.41) is 10.7. The number of nitrogens with zero attached hydrogens (tertiary/aromatic N) is 1. The van der Waals surface area contributed by atoms with Gasteiger partial charge < -0.3 is 5.11 Å². The fraction of sp³-hybridized carbons (Fsp3) is 0.455. The average Bonchev–Trinajstić information content (AvgIpc) is 2.86. The van der Waals surface area contributed by atoms with E-state index in [2.05, 4.69) is 73.9 Å². The van der Waals surface area contributed by atoms with Crippen LogP contribution in [0.15, 0.2) is 85.0 Å². The summed E-state index contributed by atoms with van der Waals surface area (Å²) < 4.78 is 0. The summed E-state index contributed by atoms with van der Waals surface area (Å²) in [4.78, 5) is 2.57. The third-order valence-corrected chi connectivity index (χ3v) is 6.89. The molecule has 1 aliphatic rings. The number of aliphatic hydroxyl groups excluding tert-OH is 1. The first-order chi connectivity index (χ1) is 17.0. The van der Waals surface area contributed by atoms with E-state index in [9.17, 15) is 5.11 Å². The average molecular weight is 474 g/mol. The van der Waals surface area contributed by atoms with Crippen molar-refractivity contribution in [3.05, 3.63) is 107 Å². The number of piperidine rings is 1. The quantitative estimate of drug-likeness (QED) is 0.350. The molecule has 0 spiro atoms. The van der Waals surface area contributed by atoms with Crippen LogP contribution < -0.4 is 0 Å². The summed E-state index contributed by atoms with van der Waals surface area (Å²) in [6.45, 7) is 15.4. The number of benzene rings is 2. The fourth-order valence-electron chi connectivity index (χ4n) is 4.78. The minimum absolute atomic E-state index is 0.316. The van der Waals surface area contributed by atoms with Gasteiger partial charge >= 0.3 is 0 Å². The zero-order chi connectivity index (χ0) is 25.5. The number of hydrogen-bond acceptors (Lipinski definition) is 2. The zero-order valence-electron chi connectivity index (χ0n) is 22.5. The highest BCUT2D eigenvalue weighted by Gasteiger charge is 2.20. The van der Waals surface area contributed by atoms with Crippen LogP contribution in [0.4, 0.5) is 0 Å². The van der Waals surface area contributed by atoms with Gasteiger partial charge in [-0.2, -0.15) is 0 Å². The van der Waals surface area contributed by atoms with Crippen molar-refractivity contribution in [3.63, 3.8) is 0 Å². The second kappa shape index (κ2) is 16.3. The smallest absolute Gasteiger partial charge is 0.0790 e. The van der Waals surface area contributed by atoms with Gasteiger partial charge in [0.2, 0.25) is 0 Å². The molecule has 2 aromatic carbocycles. The van der Waals surface area contributed by atoms with Gasteiger partial charge in [0.1, 0.15) is 0 Å². The molecule has 0 saturated carbocycles. The number of aryl methyl sites for hydroxylation is 2. The first-order valence-electron chi connectivity index (χ1n) is 13.4. The van der Waals surface area contributed by atoms with Crippen molar-refractivity contribution >= 4 is 0 Å². The molecule has 2 aromatic rings. The highest BCUT2D eigenvalue weighted by Crippen LogP contribution is 2.28. The van der Waals surface area contributed by atoms with Gasteiger partial charge in [-0.15, -0.1) is 0 Å². The van der Waals surface area contributed by atoms with Crippen molar-refractivity contribution in [2.45, 2.75) is 78.9 Å². The maximum Gasteiger partial charge on any atom is 0.0790 e. The summed E-state index contributed by atoms with van der Waals surface area (Å²) in [5.41, 5.74) is 6.49. The summed E-state index contributed by atoms with van der Waals surface area (Å²) in [6.07, 6.45) is 14.3. The van der Waals surface area contributed by atoms with E-state index < -0.39 is 0 Å². The zero-order valence-corrected chi connectivity index (χ0v) is 22.5. The Bertz CT molecular complexity index is 919. The highest BCUT2D eigenvalue weighted by molar-refractivity contribution is 5.32. The minimum atomic E-state index is -0.316. The van der Waals surface area contributed by atoms with Gasteiger partial charge in [-0.05, 0) is 94.1 Å². The molecule has 2 nitrogen and oxygen atoms in total. The van der Waals surface area contributed by atoms with Crippen LogP contribution in [0.1, 0.15) is 81.2 Å². The molecule has 0 amide bonds. The van der Waals surface area contributed by atoms with Crippen molar-refractivity contribution in [3.8, 4) is 0 Å². The van der Waals surface area contributed by atoms with Crippen molar-refractivity contribution in [1.82, 2.24) is 4.90 Å². The first kappa shape index (κ1) is 28.8. The maximum absolute atomic E-state index is 10.7. The molecule has 1 N–H and O–H groups in total. The van der Waals surface area contributed by atoms with Gasteiger partial charge in [-0.3, -0.25) is 4.90 Å². The lowest BCUT2D eigenvalue weighted by Crippen LogP contribution is -2.33. The summed E-state index contributed by atoms with van der Waals surface area (Å²) in [5.74, 6) is 0.757. The van der Waals surface area contributed by atoms with Crippen LogP contribution in [-0.2, 0) is 13.0 Å². The normalized spacial score (nSPS) is 16.1. The predicted molar refractivity (Wildman–Crippen MR) is 153 cm³/mol. The van der Waals surface area contributed by atoms with E-state index in [1.807, 2.05) is 32.1 Å². The lowest BCUT2D eigenvalue weighted by Gasteiger charge is -2.32. The van der Waals surface area contributed by atoms with E-state index in [-0.39, 0.29) is 6.10 Å². The molecule has 1 unspecified atom stereocenters. The molecule has 0 bridgehead atoms. The van der Waals surface area contributed by atoms with E-state index in [0.717, 1.165) is 43.7 Å². The van der Waals surface area contributed by atoms with Crippen molar-refractivity contribution in [2.24, 2.45) is 5.92 Å². The molecule has 1 fully saturated rings. The first-order valence-corrected chi connectivity index (χ1v) is 13.4. The molecule has 1 aliphatic heterocycles. The third-order valence-electron chi connectivity index (χ3n) is 6.89. The lowest BCUT2D eigenvalue weighted by molar-refractivity contribution is 0.132. The lowest BCUT2D eigenvalue weighted by atomic mass is 9.89. The number of rotatable bonds is 10. The number of aliphatic hydroxyl groups is 1. The van der Waals surface area contributed by atoms with Crippen LogP contribution in [0.5, 0.6) is 0 Å². The number of allylic oxidation sites excluding steroid dienone is 5. The van der Waals surface area contributed by atoms with Gasteiger partial charge in [0.15, 0.2) is 0 Å². The Balaban J connectivity index is 0.000000466. The van der Waals surface area contributed by atoms with Crippen LogP contribution in [-0.4, -0.2) is 23.1 Å². The molecular weight excluding hydrogens is 426 g/mol. The fourth-order valence-corrected chi connectivity index (χ4v) is 4.78. The van der Waals surface area contributed by atoms with E-state index in [1.54, 1.807) is 6.08 Å². The predicted octanol–water partition coefficient (Wildman–Crippen LogP) is 8.37. The second-order valence-electron chi connectivity index (χ2n) is 9.88. The SMILES string of the molecule is C=C/C=C(C)\C=C/C.CCCc1cc(C(O)CCC2CCN(Cc3ccccc3)CC2)ccc1C. The Labute approximate surface area is 215 Å². The molecule has 1 atom stereocenters. The number of likely N-dealkylation sites (tertiary alicyclic amines) is 1. The Morgan fingerprint density at radius 1 is 1.14 bits per heavy atom. The topological polar surface area (TPSA) is 23.5 Å². The van der Waals surface area contributed by atoms with Crippen molar-refractivity contribution in [1.29, 1.82) is 0 Å².